The first-order valence-corrected chi connectivity index (χ1v) is 9.49. The van der Waals surface area contributed by atoms with Crippen LogP contribution in [0.1, 0.15) is 53.4 Å². The number of allylic oxidation sites excluding steroid dienone is 2. The van der Waals surface area contributed by atoms with Crippen LogP contribution in [-0.2, 0) is 9.53 Å². The Balaban J connectivity index is 2.08. The number of esters is 1. The predicted octanol–water partition coefficient (Wildman–Crippen LogP) is 3.30. The topological polar surface area (TPSA) is 66.8 Å². The van der Waals surface area contributed by atoms with Gasteiger partial charge in [-0.1, -0.05) is 39.0 Å². The average molecular weight is 346 g/mol. The molecule has 3 rings (SSSR count). The molecule has 5 unspecified atom stereocenters. The maximum atomic E-state index is 12.2. The van der Waals surface area contributed by atoms with Gasteiger partial charge in [-0.2, -0.15) is 0 Å². The molecular formula is C21H30O4. The molecule has 0 aromatic rings. The number of hydrogen-bond acceptors (Lipinski definition) is 4. The van der Waals surface area contributed by atoms with Crippen LogP contribution < -0.4 is 0 Å². The van der Waals surface area contributed by atoms with Crippen molar-refractivity contribution < 1.29 is 19.7 Å². The third-order valence-electron chi connectivity index (χ3n) is 6.24. The number of fused-ring (bicyclic) bond motifs is 2. The van der Waals surface area contributed by atoms with E-state index in [1.807, 2.05) is 45.9 Å². The van der Waals surface area contributed by atoms with Crippen LogP contribution >= 0.6 is 0 Å². The van der Waals surface area contributed by atoms with E-state index in [4.69, 9.17) is 4.74 Å². The fourth-order valence-corrected chi connectivity index (χ4v) is 4.74. The van der Waals surface area contributed by atoms with Gasteiger partial charge in [-0.3, -0.25) is 4.79 Å². The summed E-state index contributed by atoms with van der Waals surface area (Å²) in [5.74, 6) is -0.308. The number of cyclic esters (lactones) is 1. The van der Waals surface area contributed by atoms with Crippen LogP contribution in [-0.4, -0.2) is 34.0 Å². The summed E-state index contributed by atoms with van der Waals surface area (Å²) in [6, 6.07) is 0. The Bertz CT molecular complexity index is 644. The molecule has 0 aromatic carbocycles. The monoisotopic (exact) mass is 346 g/mol. The highest BCUT2D eigenvalue weighted by atomic mass is 16.5. The summed E-state index contributed by atoms with van der Waals surface area (Å²) in [4.78, 5) is 12.2. The lowest BCUT2D eigenvalue weighted by molar-refractivity contribution is -0.151. The fraction of sp³-hybridized carbons (Fsp3) is 0.667. The maximum absolute atomic E-state index is 12.2. The van der Waals surface area contributed by atoms with Crippen LogP contribution in [0.25, 0.3) is 0 Å². The molecule has 3 aliphatic rings. The fourth-order valence-electron chi connectivity index (χ4n) is 4.74. The number of carbonyl (C=O) groups is 1. The Morgan fingerprint density at radius 1 is 1.36 bits per heavy atom. The Hall–Kier alpha value is -1.39. The van der Waals surface area contributed by atoms with Gasteiger partial charge >= 0.3 is 5.97 Å². The van der Waals surface area contributed by atoms with Crippen molar-refractivity contribution >= 4 is 5.97 Å². The zero-order valence-corrected chi connectivity index (χ0v) is 15.7. The second-order valence-corrected chi connectivity index (χ2v) is 7.98. The summed E-state index contributed by atoms with van der Waals surface area (Å²) in [6.07, 6.45) is 7.57. The summed E-state index contributed by atoms with van der Waals surface area (Å²) in [5.41, 5.74) is 1.44. The predicted molar refractivity (Wildman–Crippen MR) is 96.7 cm³/mol. The van der Waals surface area contributed by atoms with Gasteiger partial charge in [-0.25, -0.2) is 0 Å². The molecule has 0 saturated heterocycles. The van der Waals surface area contributed by atoms with Crippen molar-refractivity contribution in [1.29, 1.82) is 0 Å². The minimum absolute atomic E-state index is 0.0163. The molecule has 4 heteroatoms. The van der Waals surface area contributed by atoms with Crippen molar-refractivity contribution in [2.45, 2.75) is 71.2 Å². The van der Waals surface area contributed by atoms with Gasteiger partial charge in [0.05, 0.1) is 6.10 Å². The van der Waals surface area contributed by atoms with E-state index in [1.54, 1.807) is 0 Å². The van der Waals surface area contributed by atoms with Gasteiger partial charge in [0.15, 0.2) is 0 Å². The highest BCUT2D eigenvalue weighted by Gasteiger charge is 2.50. The normalized spacial score (nSPS) is 43.8. The van der Waals surface area contributed by atoms with Crippen LogP contribution in [0.4, 0.5) is 0 Å². The zero-order chi connectivity index (χ0) is 18.4. The number of ether oxygens (including phenoxy) is 1. The Labute approximate surface area is 150 Å². The molecule has 0 bridgehead atoms. The number of hydrogen-bond donors (Lipinski definition) is 2. The largest absolute Gasteiger partial charge is 0.462 e. The van der Waals surface area contributed by atoms with Crippen molar-refractivity contribution in [2.24, 2.45) is 17.8 Å². The molecule has 6 atom stereocenters. The lowest BCUT2D eigenvalue weighted by Crippen LogP contribution is -2.46. The molecule has 2 N–H and O–H groups in total. The van der Waals surface area contributed by atoms with E-state index in [2.05, 4.69) is 0 Å². The van der Waals surface area contributed by atoms with Crippen molar-refractivity contribution in [3.63, 3.8) is 0 Å². The van der Waals surface area contributed by atoms with Crippen LogP contribution in [0, 0.1) is 17.8 Å². The first kappa shape index (κ1) is 18.4. The van der Waals surface area contributed by atoms with E-state index in [0.717, 1.165) is 29.6 Å². The summed E-state index contributed by atoms with van der Waals surface area (Å²) in [7, 11) is 0. The average Bonchev–Trinajstić information content (AvgIpc) is 2.86. The van der Waals surface area contributed by atoms with Crippen LogP contribution in [0.5, 0.6) is 0 Å². The summed E-state index contributed by atoms with van der Waals surface area (Å²) in [5, 5.41) is 22.6. The van der Waals surface area contributed by atoms with Gasteiger partial charge in [0.2, 0.25) is 0 Å². The van der Waals surface area contributed by atoms with E-state index in [9.17, 15) is 15.0 Å². The molecule has 1 aliphatic heterocycles. The quantitative estimate of drug-likeness (QED) is 0.565. The van der Waals surface area contributed by atoms with E-state index < -0.39 is 11.7 Å². The van der Waals surface area contributed by atoms with E-state index in [0.29, 0.717) is 6.42 Å². The minimum atomic E-state index is -1.21. The second kappa shape index (κ2) is 6.73. The number of carbonyl (C=O) groups excluding carboxylic acids is 1. The van der Waals surface area contributed by atoms with Crippen molar-refractivity contribution in [3.05, 3.63) is 34.9 Å². The molecule has 0 spiro atoms. The van der Waals surface area contributed by atoms with Crippen LogP contribution in [0.3, 0.4) is 0 Å². The molecule has 0 radical (unpaired) electrons. The minimum Gasteiger partial charge on any atom is -0.462 e. The van der Waals surface area contributed by atoms with Gasteiger partial charge in [0.1, 0.15) is 11.7 Å². The number of rotatable bonds is 1. The zero-order valence-electron chi connectivity index (χ0n) is 15.7. The molecule has 0 saturated carbocycles. The molecule has 2 aliphatic carbocycles. The SMILES string of the molecule is CCC1OC(=O)CCC2C=CC3=C(C(O)[C@@H](C)C3)C2(O)/C(C)=C/C1C. The first-order valence-electron chi connectivity index (χ1n) is 9.49. The van der Waals surface area contributed by atoms with Crippen molar-refractivity contribution in [2.75, 3.05) is 0 Å². The number of aliphatic hydroxyl groups is 2. The molecule has 0 amide bonds. The highest BCUT2D eigenvalue weighted by molar-refractivity contribution is 5.70. The summed E-state index contributed by atoms with van der Waals surface area (Å²) < 4.78 is 5.62. The van der Waals surface area contributed by atoms with Crippen LogP contribution in [0.2, 0.25) is 0 Å². The summed E-state index contributed by atoms with van der Waals surface area (Å²) in [6.45, 7) is 7.99. The van der Waals surface area contributed by atoms with Crippen molar-refractivity contribution in [3.8, 4) is 0 Å². The molecule has 25 heavy (non-hydrogen) atoms. The van der Waals surface area contributed by atoms with Gasteiger partial charge < -0.3 is 14.9 Å². The van der Waals surface area contributed by atoms with Gasteiger partial charge in [0, 0.05) is 18.3 Å². The first-order chi connectivity index (χ1) is 11.8. The Morgan fingerprint density at radius 3 is 2.76 bits per heavy atom. The molecule has 138 valence electrons. The third kappa shape index (κ3) is 3.00. The number of aliphatic hydroxyl groups excluding tert-OH is 1. The highest BCUT2D eigenvalue weighted by Crippen LogP contribution is 2.49. The standard InChI is InChI=1S/C21H30O4/c1-5-17-12(2)10-14(4)21(24)16(8-9-18(22)25-17)7-6-15-11-13(3)20(23)19(15)21/h6-7,10,12-13,16-17,20,23-24H,5,8-9,11H2,1-4H3/b14-10+/t12?,13-,16?,17?,20?,21?/m0/s1. The smallest absolute Gasteiger partial charge is 0.306 e. The maximum Gasteiger partial charge on any atom is 0.306 e. The van der Waals surface area contributed by atoms with Gasteiger partial charge in [-0.15, -0.1) is 0 Å². The summed E-state index contributed by atoms with van der Waals surface area (Å²) >= 11 is 0. The van der Waals surface area contributed by atoms with E-state index in [-0.39, 0.29) is 36.2 Å². The lowest BCUT2D eigenvalue weighted by atomic mass is 9.68. The van der Waals surface area contributed by atoms with E-state index in [1.165, 1.54) is 0 Å². The van der Waals surface area contributed by atoms with Gasteiger partial charge in [0.25, 0.3) is 0 Å². The van der Waals surface area contributed by atoms with Crippen LogP contribution in [0.15, 0.2) is 34.9 Å². The van der Waals surface area contributed by atoms with Crippen molar-refractivity contribution in [1.82, 2.24) is 0 Å². The second-order valence-electron chi connectivity index (χ2n) is 7.98. The van der Waals surface area contributed by atoms with Gasteiger partial charge in [-0.05, 0) is 48.8 Å². The Morgan fingerprint density at radius 2 is 2.08 bits per heavy atom. The molecule has 1 heterocycles. The molecular weight excluding hydrogens is 316 g/mol. The third-order valence-corrected chi connectivity index (χ3v) is 6.24. The molecule has 4 nitrogen and oxygen atoms in total. The Kier molecular flexibility index (Phi) is 4.95. The molecule has 0 aromatic heterocycles. The molecule has 0 fully saturated rings. The lowest BCUT2D eigenvalue weighted by Gasteiger charge is -2.42. The van der Waals surface area contributed by atoms with E-state index >= 15 is 0 Å².